The molecule has 1 aliphatic rings. The maximum Gasteiger partial charge on any atom is 0.261 e. The van der Waals surface area contributed by atoms with Crippen LogP contribution in [0.4, 0.5) is 5.13 Å². The molecular formula is C17H18N4O3S. The summed E-state index contributed by atoms with van der Waals surface area (Å²) in [6, 6.07) is 6.80. The van der Waals surface area contributed by atoms with E-state index in [-0.39, 0.29) is 24.3 Å². The molecule has 0 saturated carbocycles. The lowest BCUT2D eigenvalue weighted by molar-refractivity contribution is -0.116. The highest BCUT2D eigenvalue weighted by Gasteiger charge is 2.34. The average Bonchev–Trinajstić information content (AvgIpc) is 3.15. The highest BCUT2D eigenvalue weighted by atomic mass is 32.1. The van der Waals surface area contributed by atoms with Gasteiger partial charge in [0.25, 0.3) is 11.8 Å². The van der Waals surface area contributed by atoms with Crippen LogP contribution in [0.2, 0.25) is 0 Å². The SMILES string of the molecule is CCCCC(=O)Nc1nnc(CCN2C(=O)c3ccccc3C2=O)s1. The molecular weight excluding hydrogens is 340 g/mol. The molecule has 1 N–H and O–H groups in total. The molecule has 0 atom stereocenters. The van der Waals surface area contributed by atoms with E-state index in [0.717, 1.165) is 12.8 Å². The van der Waals surface area contributed by atoms with Crippen molar-refractivity contribution < 1.29 is 14.4 Å². The fourth-order valence-electron chi connectivity index (χ4n) is 2.57. The van der Waals surface area contributed by atoms with Crippen LogP contribution < -0.4 is 5.32 Å². The Morgan fingerprint density at radius 3 is 2.48 bits per heavy atom. The summed E-state index contributed by atoms with van der Waals surface area (Å²) in [5.74, 6) is -0.638. The topological polar surface area (TPSA) is 92.3 Å². The maximum absolute atomic E-state index is 12.3. The molecule has 25 heavy (non-hydrogen) atoms. The minimum atomic E-state index is -0.279. The number of nitrogens with one attached hydrogen (secondary N) is 1. The third-order valence-electron chi connectivity index (χ3n) is 3.90. The van der Waals surface area contributed by atoms with Gasteiger partial charge in [-0.3, -0.25) is 19.3 Å². The van der Waals surface area contributed by atoms with Gasteiger partial charge in [0.2, 0.25) is 11.0 Å². The second-order valence-electron chi connectivity index (χ2n) is 5.71. The van der Waals surface area contributed by atoms with Crippen LogP contribution in [0.3, 0.4) is 0 Å². The Kier molecular flexibility index (Phi) is 5.18. The lowest BCUT2D eigenvalue weighted by Crippen LogP contribution is -2.31. The van der Waals surface area contributed by atoms with Crippen molar-refractivity contribution in [3.63, 3.8) is 0 Å². The van der Waals surface area contributed by atoms with Gasteiger partial charge in [0.05, 0.1) is 11.1 Å². The molecule has 8 heteroatoms. The maximum atomic E-state index is 12.3. The van der Waals surface area contributed by atoms with Crippen molar-refractivity contribution in [2.24, 2.45) is 0 Å². The van der Waals surface area contributed by atoms with Gasteiger partial charge >= 0.3 is 0 Å². The van der Waals surface area contributed by atoms with Gasteiger partial charge in [-0.25, -0.2) is 0 Å². The van der Waals surface area contributed by atoms with Crippen molar-refractivity contribution in [2.45, 2.75) is 32.6 Å². The van der Waals surface area contributed by atoms with Crippen molar-refractivity contribution in [3.8, 4) is 0 Å². The molecule has 0 radical (unpaired) electrons. The van der Waals surface area contributed by atoms with E-state index in [9.17, 15) is 14.4 Å². The highest BCUT2D eigenvalue weighted by Crippen LogP contribution is 2.23. The Labute approximate surface area is 149 Å². The van der Waals surface area contributed by atoms with Gasteiger partial charge in [-0.1, -0.05) is 36.8 Å². The first-order chi connectivity index (χ1) is 12.1. The first-order valence-electron chi connectivity index (χ1n) is 8.17. The summed E-state index contributed by atoms with van der Waals surface area (Å²) >= 11 is 1.26. The van der Waals surface area contributed by atoms with E-state index in [4.69, 9.17) is 0 Å². The van der Waals surface area contributed by atoms with E-state index in [1.807, 2.05) is 6.92 Å². The standard InChI is InChI=1S/C17H18N4O3S/c1-2-3-8-13(22)18-17-20-19-14(25-17)9-10-21-15(23)11-6-4-5-7-12(11)16(21)24/h4-7H,2-3,8-10H2,1H3,(H,18,20,22). The quantitative estimate of drug-likeness (QED) is 0.768. The second-order valence-corrected chi connectivity index (χ2v) is 6.77. The zero-order valence-corrected chi connectivity index (χ0v) is 14.6. The van der Waals surface area contributed by atoms with E-state index < -0.39 is 0 Å². The van der Waals surface area contributed by atoms with Crippen LogP contribution in [0, 0.1) is 0 Å². The van der Waals surface area contributed by atoms with Crippen LogP contribution in [0.25, 0.3) is 0 Å². The fraction of sp³-hybridized carbons (Fsp3) is 0.353. The molecule has 3 rings (SSSR count). The highest BCUT2D eigenvalue weighted by molar-refractivity contribution is 7.15. The van der Waals surface area contributed by atoms with Crippen LogP contribution >= 0.6 is 11.3 Å². The predicted octanol–water partition coefficient (Wildman–Crippen LogP) is 2.51. The molecule has 0 spiro atoms. The monoisotopic (exact) mass is 358 g/mol. The number of amides is 3. The van der Waals surface area contributed by atoms with E-state index in [1.54, 1.807) is 24.3 Å². The summed E-state index contributed by atoms with van der Waals surface area (Å²) < 4.78 is 0. The van der Waals surface area contributed by atoms with Gasteiger partial charge in [-0.2, -0.15) is 0 Å². The molecule has 0 unspecified atom stereocenters. The number of nitrogens with zero attached hydrogens (tertiary/aromatic N) is 3. The number of anilines is 1. The molecule has 0 saturated heterocycles. The second kappa shape index (κ2) is 7.52. The van der Waals surface area contributed by atoms with Gasteiger partial charge in [0.1, 0.15) is 5.01 Å². The van der Waals surface area contributed by atoms with E-state index in [2.05, 4.69) is 15.5 Å². The van der Waals surface area contributed by atoms with Crippen LogP contribution in [-0.4, -0.2) is 39.4 Å². The molecule has 130 valence electrons. The zero-order valence-electron chi connectivity index (χ0n) is 13.8. The summed E-state index contributed by atoms with van der Waals surface area (Å²) in [7, 11) is 0. The van der Waals surface area contributed by atoms with Crippen LogP contribution in [0.15, 0.2) is 24.3 Å². The summed E-state index contributed by atoms with van der Waals surface area (Å²) in [6.45, 7) is 2.26. The number of unbranched alkanes of at least 4 members (excludes halogenated alkanes) is 1. The van der Waals surface area contributed by atoms with Gasteiger partial charge in [0, 0.05) is 19.4 Å². The number of fused-ring (bicyclic) bond motifs is 1. The van der Waals surface area contributed by atoms with Crippen LogP contribution in [0.1, 0.15) is 51.9 Å². The molecule has 1 aromatic carbocycles. The van der Waals surface area contributed by atoms with Crippen LogP contribution in [-0.2, 0) is 11.2 Å². The van der Waals surface area contributed by atoms with E-state index >= 15 is 0 Å². The first-order valence-corrected chi connectivity index (χ1v) is 8.99. The Morgan fingerprint density at radius 2 is 1.84 bits per heavy atom. The predicted molar refractivity (Wildman–Crippen MR) is 93.6 cm³/mol. The number of hydrogen-bond donors (Lipinski definition) is 1. The molecule has 0 fully saturated rings. The normalized spacial score (nSPS) is 13.2. The van der Waals surface area contributed by atoms with Gasteiger partial charge in [0.15, 0.2) is 0 Å². The van der Waals surface area contributed by atoms with Gasteiger partial charge in [-0.15, -0.1) is 10.2 Å². The first kappa shape index (κ1) is 17.2. The number of rotatable bonds is 7. The Bertz CT molecular complexity index is 783. The molecule has 1 aromatic heterocycles. The Balaban J connectivity index is 1.57. The fourth-order valence-corrected chi connectivity index (χ4v) is 3.32. The minimum Gasteiger partial charge on any atom is -0.301 e. The number of benzene rings is 1. The van der Waals surface area contributed by atoms with Crippen molar-refractivity contribution in [1.82, 2.24) is 15.1 Å². The van der Waals surface area contributed by atoms with Crippen molar-refractivity contribution in [1.29, 1.82) is 0 Å². The lowest BCUT2D eigenvalue weighted by Gasteiger charge is -2.12. The number of carbonyl (C=O) groups is 3. The number of imide groups is 1. The molecule has 0 bridgehead atoms. The molecule has 3 amide bonds. The van der Waals surface area contributed by atoms with E-state index in [1.165, 1.54) is 16.2 Å². The van der Waals surface area contributed by atoms with Crippen molar-refractivity contribution >= 4 is 34.2 Å². The van der Waals surface area contributed by atoms with Crippen molar-refractivity contribution in [3.05, 3.63) is 40.4 Å². The average molecular weight is 358 g/mol. The third-order valence-corrected chi connectivity index (χ3v) is 4.80. The van der Waals surface area contributed by atoms with Gasteiger partial charge in [-0.05, 0) is 18.6 Å². The summed E-state index contributed by atoms with van der Waals surface area (Å²) in [5, 5.41) is 11.8. The largest absolute Gasteiger partial charge is 0.301 e. The molecule has 0 aliphatic carbocycles. The van der Waals surface area contributed by atoms with Crippen LogP contribution in [0.5, 0.6) is 0 Å². The Hall–Kier alpha value is -2.61. The smallest absolute Gasteiger partial charge is 0.261 e. The minimum absolute atomic E-state index is 0.0788. The van der Waals surface area contributed by atoms with Gasteiger partial charge < -0.3 is 5.32 Å². The lowest BCUT2D eigenvalue weighted by atomic mass is 10.1. The third kappa shape index (κ3) is 3.74. The molecule has 2 heterocycles. The summed E-state index contributed by atoms with van der Waals surface area (Å²) in [6.07, 6.45) is 2.65. The zero-order chi connectivity index (χ0) is 17.8. The Morgan fingerprint density at radius 1 is 1.16 bits per heavy atom. The summed E-state index contributed by atoms with van der Waals surface area (Å²) in [5.41, 5.74) is 0.877. The molecule has 1 aliphatic heterocycles. The number of aromatic nitrogens is 2. The van der Waals surface area contributed by atoms with E-state index in [0.29, 0.717) is 34.1 Å². The van der Waals surface area contributed by atoms with Crippen molar-refractivity contribution in [2.75, 3.05) is 11.9 Å². The molecule has 2 aromatic rings. The molecule has 7 nitrogen and oxygen atoms in total. The summed E-state index contributed by atoms with van der Waals surface area (Å²) in [4.78, 5) is 37.5. The number of hydrogen-bond acceptors (Lipinski definition) is 6. The number of carbonyl (C=O) groups excluding carboxylic acids is 3.